The molecule has 6 heteroatoms. The minimum absolute atomic E-state index is 0.210. The van der Waals surface area contributed by atoms with Gasteiger partial charge >= 0.3 is 0 Å². The van der Waals surface area contributed by atoms with Gasteiger partial charge in [-0.25, -0.2) is 0 Å². The third-order valence-corrected chi connectivity index (χ3v) is 3.09. The minimum Gasteiger partial charge on any atom is -0.496 e. The van der Waals surface area contributed by atoms with Gasteiger partial charge in [-0.15, -0.1) is 0 Å². The molecule has 0 saturated heterocycles. The molecule has 0 radical (unpaired) electrons. The first-order valence-electron chi connectivity index (χ1n) is 5.00. The summed E-state index contributed by atoms with van der Waals surface area (Å²) in [5, 5.41) is 3.13. The molecule has 94 valence electrons. The Labute approximate surface area is 110 Å². The van der Waals surface area contributed by atoms with E-state index in [0.29, 0.717) is 28.6 Å². The van der Waals surface area contributed by atoms with Crippen molar-refractivity contribution in [2.75, 3.05) is 31.4 Å². The number of anilines is 1. The molecule has 1 aromatic carbocycles. The van der Waals surface area contributed by atoms with Gasteiger partial charge in [-0.1, -0.05) is 11.6 Å². The fourth-order valence-electron chi connectivity index (χ4n) is 1.28. The molecular formula is C11H15ClN2O2S. The highest BCUT2D eigenvalue weighted by Crippen LogP contribution is 2.28. The van der Waals surface area contributed by atoms with Gasteiger partial charge in [-0.2, -0.15) is 11.8 Å². The Morgan fingerprint density at radius 1 is 1.59 bits per heavy atom. The Balaban J connectivity index is 2.88. The van der Waals surface area contributed by atoms with Crippen molar-refractivity contribution in [2.45, 2.75) is 0 Å². The molecule has 0 unspecified atom stereocenters. The van der Waals surface area contributed by atoms with Crippen LogP contribution in [0.2, 0.25) is 5.02 Å². The number of hydrogen-bond acceptors (Lipinski definition) is 4. The van der Waals surface area contributed by atoms with Crippen molar-refractivity contribution < 1.29 is 9.53 Å². The first-order valence-corrected chi connectivity index (χ1v) is 6.77. The number of carbonyl (C=O) groups is 1. The maximum Gasteiger partial charge on any atom is 0.255 e. The third kappa shape index (κ3) is 3.71. The number of thioether (sulfide) groups is 1. The van der Waals surface area contributed by atoms with Crippen molar-refractivity contribution in [1.82, 2.24) is 5.32 Å². The summed E-state index contributed by atoms with van der Waals surface area (Å²) in [5.74, 6) is 1.07. The molecule has 0 aliphatic heterocycles. The van der Waals surface area contributed by atoms with Gasteiger partial charge < -0.3 is 15.8 Å². The normalized spacial score (nSPS) is 10.1. The Hall–Kier alpha value is -1.07. The van der Waals surface area contributed by atoms with Gasteiger partial charge in [-0.05, 0) is 12.3 Å². The molecule has 17 heavy (non-hydrogen) atoms. The number of methoxy groups -OCH3 is 1. The second kappa shape index (κ2) is 6.61. The summed E-state index contributed by atoms with van der Waals surface area (Å²) in [7, 11) is 1.49. The molecule has 4 nitrogen and oxygen atoms in total. The molecule has 0 spiro atoms. The standard InChI is InChI=1S/C11H15ClN2O2S/c1-16-10-6-9(13)8(12)5-7(10)11(15)14-3-4-17-2/h5-6H,3-4,13H2,1-2H3,(H,14,15). The highest BCUT2D eigenvalue weighted by molar-refractivity contribution is 7.98. The van der Waals surface area contributed by atoms with Crippen LogP contribution in [-0.2, 0) is 0 Å². The summed E-state index contributed by atoms with van der Waals surface area (Å²) in [6.45, 7) is 0.602. The topological polar surface area (TPSA) is 64.3 Å². The van der Waals surface area contributed by atoms with E-state index in [1.165, 1.54) is 13.2 Å². The van der Waals surface area contributed by atoms with Crippen molar-refractivity contribution in [2.24, 2.45) is 0 Å². The van der Waals surface area contributed by atoms with Gasteiger partial charge in [-0.3, -0.25) is 4.79 Å². The van der Waals surface area contributed by atoms with Crippen LogP contribution >= 0.6 is 23.4 Å². The fourth-order valence-corrected chi connectivity index (χ4v) is 1.75. The fraction of sp³-hybridized carbons (Fsp3) is 0.364. The molecule has 0 fully saturated rings. The first-order chi connectivity index (χ1) is 8.10. The lowest BCUT2D eigenvalue weighted by Gasteiger charge is -2.10. The predicted octanol–water partition coefficient (Wildman–Crippen LogP) is 2.02. The van der Waals surface area contributed by atoms with E-state index >= 15 is 0 Å². The molecule has 0 aliphatic carbocycles. The van der Waals surface area contributed by atoms with Crippen LogP contribution in [0.3, 0.4) is 0 Å². The third-order valence-electron chi connectivity index (χ3n) is 2.16. The maximum absolute atomic E-state index is 11.9. The van der Waals surface area contributed by atoms with Crippen LogP contribution in [0.15, 0.2) is 12.1 Å². The van der Waals surface area contributed by atoms with E-state index in [0.717, 1.165) is 5.75 Å². The number of rotatable bonds is 5. The van der Waals surface area contributed by atoms with E-state index in [1.54, 1.807) is 17.8 Å². The number of carbonyl (C=O) groups excluding carboxylic acids is 1. The van der Waals surface area contributed by atoms with Crippen LogP contribution in [0, 0.1) is 0 Å². The van der Waals surface area contributed by atoms with Gasteiger partial charge in [0.05, 0.1) is 23.4 Å². The monoisotopic (exact) mass is 274 g/mol. The number of benzene rings is 1. The van der Waals surface area contributed by atoms with Gasteiger partial charge in [0.1, 0.15) is 5.75 Å². The maximum atomic E-state index is 11.9. The predicted molar refractivity (Wildman–Crippen MR) is 73.1 cm³/mol. The summed E-state index contributed by atoms with van der Waals surface area (Å²) < 4.78 is 5.10. The lowest BCUT2D eigenvalue weighted by atomic mass is 10.1. The number of hydrogen-bond donors (Lipinski definition) is 2. The van der Waals surface area contributed by atoms with Gasteiger partial charge in [0.25, 0.3) is 5.91 Å². The Bertz CT molecular complexity index is 413. The molecule has 0 saturated carbocycles. The highest BCUT2D eigenvalue weighted by atomic mass is 35.5. The quantitative estimate of drug-likeness (QED) is 0.637. The van der Waals surface area contributed by atoms with Gasteiger partial charge in [0, 0.05) is 18.4 Å². The van der Waals surface area contributed by atoms with Crippen LogP contribution in [-0.4, -0.2) is 31.6 Å². The first kappa shape index (κ1) is 14.0. The summed E-state index contributed by atoms with van der Waals surface area (Å²) in [4.78, 5) is 11.9. The minimum atomic E-state index is -0.210. The van der Waals surface area contributed by atoms with E-state index < -0.39 is 0 Å². The van der Waals surface area contributed by atoms with Crippen LogP contribution < -0.4 is 15.8 Å². The zero-order valence-corrected chi connectivity index (χ0v) is 11.3. The lowest BCUT2D eigenvalue weighted by molar-refractivity contribution is 0.0953. The van der Waals surface area contributed by atoms with Crippen LogP contribution in [0.4, 0.5) is 5.69 Å². The number of nitrogens with one attached hydrogen (secondary N) is 1. The second-order valence-corrected chi connectivity index (χ2v) is 4.72. The summed E-state index contributed by atoms with van der Waals surface area (Å²) in [5.41, 5.74) is 6.43. The number of ether oxygens (including phenoxy) is 1. The van der Waals surface area contributed by atoms with Gasteiger partial charge in [0.2, 0.25) is 0 Å². The van der Waals surface area contributed by atoms with E-state index in [1.807, 2.05) is 6.26 Å². The highest BCUT2D eigenvalue weighted by Gasteiger charge is 2.14. The van der Waals surface area contributed by atoms with E-state index in [2.05, 4.69) is 5.32 Å². The molecule has 0 atom stereocenters. The summed E-state index contributed by atoms with van der Waals surface area (Å²) >= 11 is 7.55. The number of halogens is 1. The average Bonchev–Trinajstić information content (AvgIpc) is 2.32. The van der Waals surface area contributed by atoms with Crippen molar-refractivity contribution >= 4 is 35.0 Å². The molecule has 1 aromatic rings. The average molecular weight is 275 g/mol. The van der Waals surface area contributed by atoms with E-state index in [9.17, 15) is 4.79 Å². The second-order valence-electron chi connectivity index (χ2n) is 3.32. The molecule has 0 aromatic heterocycles. The van der Waals surface area contributed by atoms with Crippen LogP contribution in [0.1, 0.15) is 10.4 Å². The Morgan fingerprint density at radius 3 is 2.88 bits per heavy atom. The number of nitrogen functional groups attached to an aromatic ring is 1. The smallest absolute Gasteiger partial charge is 0.255 e. The summed E-state index contributed by atoms with van der Waals surface area (Å²) in [6.07, 6.45) is 1.98. The van der Waals surface area contributed by atoms with Crippen molar-refractivity contribution in [1.29, 1.82) is 0 Å². The molecule has 3 N–H and O–H groups in total. The molecule has 0 aliphatic rings. The van der Waals surface area contributed by atoms with Crippen molar-refractivity contribution in [3.8, 4) is 5.75 Å². The van der Waals surface area contributed by atoms with Crippen molar-refractivity contribution in [3.05, 3.63) is 22.7 Å². The number of amides is 1. The Morgan fingerprint density at radius 2 is 2.29 bits per heavy atom. The van der Waals surface area contributed by atoms with E-state index in [-0.39, 0.29) is 5.91 Å². The zero-order chi connectivity index (χ0) is 12.8. The molecule has 0 heterocycles. The molecule has 0 bridgehead atoms. The zero-order valence-electron chi connectivity index (χ0n) is 9.75. The molecular weight excluding hydrogens is 260 g/mol. The van der Waals surface area contributed by atoms with Crippen molar-refractivity contribution in [3.63, 3.8) is 0 Å². The number of nitrogens with two attached hydrogens (primary N) is 1. The van der Waals surface area contributed by atoms with Gasteiger partial charge in [0.15, 0.2) is 0 Å². The SMILES string of the molecule is COc1cc(N)c(Cl)cc1C(=O)NCCSC. The lowest BCUT2D eigenvalue weighted by Crippen LogP contribution is -2.26. The van der Waals surface area contributed by atoms with Crippen LogP contribution in [0.5, 0.6) is 5.75 Å². The Kier molecular flexibility index (Phi) is 5.44. The van der Waals surface area contributed by atoms with E-state index in [4.69, 9.17) is 22.1 Å². The van der Waals surface area contributed by atoms with Crippen LogP contribution in [0.25, 0.3) is 0 Å². The summed E-state index contributed by atoms with van der Waals surface area (Å²) in [6, 6.07) is 3.07. The largest absolute Gasteiger partial charge is 0.496 e. The molecule has 1 amide bonds. The molecule has 1 rings (SSSR count).